The summed E-state index contributed by atoms with van der Waals surface area (Å²) in [5, 5.41) is 6.52. The van der Waals surface area contributed by atoms with Crippen molar-refractivity contribution >= 4 is 12.1 Å². The summed E-state index contributed by atoms with van der Waals surface area (Å²) in [5.74, 6) is -0.00505. The van der Waals surface area contributed by atoms with Gasteiger partial charge in [0.15, 0.2) is 0 Å². The largest absolute Gasteiger partial charge is 0.376 e. The lowest BCUT2D eigenvalue weighted by atomic mass is 10.1. The van der Waals surface area contributed by atoms with Gasteiger partial charge in [-0.15, -0.1) is 0 Å². The van der Waals surface area contributed by atoms with Crippen molar-refractivity contribution in [2.75, 3.05) is 6.61 Å². The van der Waals surface area contributed by atoms with Crippen LogP contribution in [0.1, 0.15) is 55.5 Å². The zero-order chi connectivity index (χ0) is 23.2. The van der Waals surface area contributed by atoms with Gasteiger partial charge in [-0.3, -0.25) is 4.79 Å². The van der Waals surface area contributed by atoms with E-state index in [-0.39, 0.29) is 24.2 Å². The van der Waals surface area contributed by atoms with Gasteiger partial charge < -0.3 is 15.4 Å². The van der Waals surface area contributed by atoms with Crippen LogP contribution in [0, 0.1) is 0 Å². The van der Waals surface area contributed by atoms with Gasteiger partial charge in [0.25, 0.3) is 5.91 Å². The Balaban J connectivity index is 0.000000206. The molecule has 2 aliphatic heterocycles. The van der Waals surface area contributed by atoms with Gasteiger partial charge in [0, 0.05) is 24.3 Å². The van der Waals surface area contributed by atoms with Gasteiger partial charge in [0.05, 0.1) is 12.1 Å². The Kier molecular flexibility index (Phi) is 11.4. The summed E-state index contributed by atoms with van der Waals surface area (Å²) < 4.78 is 5.54. The highest BCUT2D eigenvalue weighted by Gasteiger charge is 2.33. The fourth-order valence-corrected chi connectivity index (χ4v) is 3.93. The molecule has 172 valence electrons. The molecule has 2 aliphatic rings. The van der Waals surface area contributed by atoms with E-state index in [1.165, 1.54) is 24.8 Å². The molecule has 2 unspecified atom stereocenters. The molecular weight excluding hydrogens is 404 g/mol. The first-order valence-electron chi connectivity index (χ1n) is 11.4. The van der Waals surface area contributed by atoms with Crippen LogP contribution in [-0.4, -0.2) is 42.9 Å². The molecule has 2 aromatic carbocycles. The summed E-state index contributed by atoms with van der Waals surface area (Å²) in [6.07, 6.45) is 6.07. The van der Waals surface area contributed by atoms with Crippen molar-refractivity contribution in [1.82, 2.24) is 10.6 Å². The first kappa shape index (κ1) is 25.5. The number of aryl methyl sites for hydroxylation is 1. The van der Waals surface area contributed by atoms with Crippen LogP contribution in [0.4, 0.5) is 0 Å². The molecule has 0 saturated carbocycles. The minimum Gasteiger partial charge on any atom is -0.376 e. The zero-order valence-corrected chi connectivity index (χ0v) is 19.0. The van der Waals surface area contributed by atoms with Crippen molar-refractivity contribution < 1.29 is 19.1 Å². The second-order valence-corrected chi connectivity index (χ2v) is 7.95. The van der Waals surface area contributed by atoms with E-state index in [1.54, 1.807) is 0 Å². The van der Waals surface area contributed by atoms with E-state index >= 15 is 0 Å². The maximum Gasteiger partial charge on any atom is 0.373 e. The van der Waals surface area contributed by atoms with E-state index < -0.39 is 0 Å². The summed E-state index contributed by atoms with van der Waals surface area (Å²) in [6, 6.07) is 21.8. The van der Waals surface area contributed by atoms with E-state index in [0.29, 0.717) is 5.56 Å². The number of hydrogen-bond donors (Lipinski definition) is 2. The lowest BCUT2D eigenvalue weighted by molar-refractivity contribution is -0.191. The molecule has 2 N–H and O–H groups in total. The number of benzene rings is 2. The number of carbonyl (C=O) groups excluding carboxylic acids is 3. The summed E-state index contributed by atoms with van der Waals surface area (Å²) in [4.78, 5) is 28.1. The Morgan fingerprint density at radius 1 is 1.00 bits per heavy atom. The van der Waals surface area contributed by atoms with Crippen LogP contribution in [0.2, 0.25) is 0 Å². The minimum absolute atomic E-state index is 0.00505. The molecule has 4 rings (SSSR count). The average molecular weight is 439 g/mol. The molecule has 0 aliphatic carbocycles. The van der Waals surface area contributed by atoms with Crippen LogP contribution in [0.5, 0.6) is 0 Å². The number of hydrogen-bond acceptors (Lipinski definition) is 5. The standard InChI is InChI=1S/C13H17NO2.C12H17N.CO2/c1-2-12-11(8-9-16-12)14-13(15)10-6-4-3-5-7-10;1-2-11-12(13-11)9-8-10-6-4-3-5-7-10;2-1-3/h3-7,11-12H,2,8-9H2,1H3,(H,14,15);3-7,11-13H,2,8-9H2,1H3;/t11-,12-;;/m1../s1. The SMILES string of the molecule is CCC1NC1CCc1ccccc1.CC[C@H]1OCC[C@H]1NC(=O)c1ccccc1.O=C=O. The Labute approximate surface area is 190 Å². The van der Waals surface area contributed by atoms with E-state index in [1.807, 2.05) is 30.3 Å². The molecule has 2 heterocycles. The fourth-order valence-electron chi connectivity index (χ4n) is 3.93. The monoisotopic (exact) mass is 438 g/mol. The molecule has 2 saturated heterocycles. The molecule has 6 nitrogen and oxygen atoms in total. The van der Waals surface area contributed by atoms with Crippen LogP contribution in [0.25, 0.3) is 0 Å². The van der Waals surface area contributed by atoms with Gasteiger partial charge in [-0.05, 0) is 49.8 Å². The molecule has 6 heteroatoms. The van der Waals surface area contributed by atoms with Crippen LogP contribution < -0.4 is 10.6 Å². The second kappa shape index (κ2) is 14.3. The van der Waals surface area contributed by atoms with Gasteiger partial charge in [-0.25, -0.2) is 0 Å². The van der Waals surface area contributed by atoms with Crippen molar-refractivity contribution in [1.29, 1.82) is 0 Å². The summed E-state index contributed by atoms with van der Waals surface area (Å²) in [7, 11) is 0. The lowest BCUT2D eigenvalue weighted by Crippen LogP contribution is -2.40. The van der Waals surface area contributed by atoms with Crippen molar-refractivity contribution in [3.63, 3.8) is 0 Å². The molecule has 0 radical (unpaired) electrons. The van der Waals surface area contributed by atoms with Gasteiger partial charge in [-0.2, -0.15) is 9.59 Å². The number of rotatable bonds is 7. The maximum atomic E-state index is 11.9. The van der Waals surface area contributed by atoms with Crippen molar-refractivity contribution in [2.45, 2.75) is 70.2 Å². The molecule has 0 aromatic heterocycles. The molecule has 4 atom stereocenters. The zero-order valence-electron chi connectivity index (χ0n) is 19.0. The Morgan fingerprint density at radius 3 is 2.19 bits per heavy atom. The van der Waals surface area contributed by atoms with E-state index in [0.717, 1.165) is 31.5 Å². The third kappa shape index (κ3) is 8.75. The van der Waals surface area contributed by atoms with Crippen LogP contribution in [0.15, 0.2) is 60.7 Å². The van der Waals surface area contributed by atoms with Crippen molar-refractivity contribution in [2.24, 2.45) is 0 Å². The number of carbonyl (C=O) groups is 1. The normalized spacial score (nSPS) is 22.9. The Bertz CT molecular complexity index is 822. The first-order chi connectivity index (χ1) is 15.6. The van der Waals surface area contributed by atoms with Gasteiger partial charge in [0.1, 0.15) is 0 Å². The smallest absolute Gasteiger partial charge is 0.373 e. The van der Waals surface area contributed by atoms with Gasteiger partial charge in [0.2, 0.25) is 0 Å². The van der Waals surface area contributed by atoms with Gasteiger partial charge in [-0.1, -0.05) is 62.4 Å². The van der Waals surface area contributed by atoms with E-state index in [9.17, 15) is 4.79 Å². The highest BCUT2D eigenvalue weighted by atomic mass is 16.5. The third-order valence-corrected chi connectivity index (χ3v) is 5.80. The highest BCUT2D eigenvalue weighted by Crippen LogP contribution is 2.20. The summed E-state index contributed by atoms with van der Waals surface area (Å²) >= 11 is 0. The van der Waals surface area contributed by atoms with Crippen LogP contribution >= 0.6 is 0 Å². The quantitative estimate of drug-likeness (QED) is 0.642. The Hall–Kier alpha value is -2.79. The number of ether oxygens (including phenoxy) is 1. The molecule has 32 heavy (non-hydrogen) atoms. The van der Waals surface area contributed by atoms with Crippen LogP contribution in [0.3, 0.4) is 0 Å². The number of amides is 1. The van der Waals surface area contributed by atoms with E-state index in [4.69, 9.17) is 14.3 Å². The highest BCUT2D eigenvalue weighted by molar-refractivity contribution is 5.94. The fraction of sp³-hybridized carbons (Fsp3) is 0.462. The van der Waals surface area contributed by atoms with Gasteiger partial charge >= 0.3 is 6.15 Å². The maximum absolute atomic E-state index is 11.9. The molecule has 2 fully saturated rings. The van der Waals surface area contributed by atoms with Crippen molar-refractivity contribution in [3.8, 4) is 0 Å². The number of nitrogens with one attached hydrogen (secondary N) is 2. The van der Waals surface area contributed by atoms with Crippen molar-refractivity contribution in [3.05, 3.63) is 71.8 Å². The predicted octanol–water partition coefficient (Wildman–Crippen LogP) is 3.77. The predicted molar refractivity (Wildman–Crippen MR) is 123 cm³/mol. The average Bonchev–Trinajstić information content (AvgIpc) is 3.47. The summed E-state index contributed by atoms with van der Waals surface area (Å²) in [6.45, 7) is 5.08. The second-order valence-electron chi connectivity index (χ2n) is 7.95. The molecule has 2 aromatic rings. The topological polar surface area (TPSA) is 94.4 Å². The minimum atomic E-state index is -0.00505. The van der Waals surface area contributed by atoms with Crippen LogP contribution in [-0.2, 0) is 20.7 Å². The molecule has 0 bridgehead atoms. The summed E-state index contributed by atoms with van der Waals surface area (Å²) in [5.41, 5.74) is 2.18. The Morgan fingerprint density at radius 2 is 1.62 bits per heavy atom. The van der Waals surface area contributed by atoms with E-state index in [2.05, 4.69) is 54.8 Å². The first-order valence-corrected chi connectivity index (χ1v) is 11.4. The molecule has 0 spiro atoms. The lowest BCUT2D eigenvalue weighted by Gasteiger charge is -2.18. The third-order valence-electron chi connectivity index (χ3n) is 5.80. The molecular formula is C26H34N2O4. The molecule has 1 amide bonds.